The van der Waals surface area contributed by atoms with Gasteiger partial charge in [-0.05, 0) is 18.2 Å². The van der Waals surface area contributed by atoms with Crippen LogP contribution in [0.15, 0.2) is 65.7 Å². The molecule has 0 aliphatic heterocycles. The summed E-state index contributed by atoms with van der Waals surface area (Å²) in [4.78, 5) is 27.6. The number of hydrogen-bond donors (Lipinski definition) is 2. The highest BCUT2D eigenvalue weighted by Gasteiger charge is 2.09. The molecule has 2 amide bonds. The van der Waals surface area contributed by atoms with Gasteiger partial charge in [-0.2, -0.15) is 0 Å². The number of carbonyl (C=O) groups is 2. The normalized spacial score (nSPS) is 10.7. The summed E-state index contributed by atoms with van der Waals surface area (Å²) in [5, 5.41) is 5.95. The first kappa shape index (κ1) is 22.8. The zero-order valence-corrected chi connectivity index (χ0v) is 16.6. The SMILES string of the molecule is C=C(CCNC(=O)COC(=C)/C=C(/Cl)C(=C)Cl)NC(=O)c1ccc(Cl)cn1. The van der Waals surface area contributed by atoms with Crippen LogP contribution in [0, 0.1) is 0 Å². The number of ether oxygens (including phenoxy) is 1. The van der Waals surface area contributed by atoms with Gasteiger partial charge in [-0.25, -0.2) is 4.98 Å². The standard InChI is InChI=1S/C18H18Cl3N3O3/c1-11(24-18(26)16-5-4-14(20)9-23-16)6-7-22-17(25)10-27-12(2)8-15(21)13(3)19/h4-5,8-9H,1-3,6-7,10H2,(H,22,25)(H,24,26)/b15-8+. The minimum atomic E-state index is -0.410. The van der Waals surface area contributed by atoms with E-state index in [-0.39, 0.29) is 40.6 Å². The highest BCUT2D eigenvalue weighted by Crippen LogP contribution is 2.18. The van der Waals surface area contributed by atoms with E-state index in [0.29, 0.717) is 17.1 Å². The van der Waals surface area contributed by atoms with Gasteiger partial charge < -0.3 is 15.4 Å². The molecule has 0 fully saturated rings. The number of amides is 2. The van der Waals surface area contributed by atoms with Crippen LogP contribution in [0.25, 0.3) is 0 Å². The number of rotatable bonds is 10. The number of pyridine rings is 1. The molecule has 0 saturated carbocycles. The minimum absolute atomic E-state index is 0.139. The van der Waals surface area contributed by atoms with Crippen molar-refractivity contribution in [3.05, 3.63) is 76.4 Å². The molecule has 0 aliphatic rings. The second-order valence-electron chi connectivity index (χ2n) is 5.17. The van der Waals surface area contributed by atoms with Crippen LogP contribution in [0.2, 0.25) is 5.02 Å². The highest BCUT2D eigenvalue weighted by molar-refractivity contribution is 6.43. The summed E-state index contributed by atoms with van der Waals surface area (Å²) in [7, 11) is 0. The fraction of sp³-hybridized carbons (Fsp3) is 0.167. The first-order chi connectivity index (χ1) is 12.7. The Morgan fingerprint density at radius 2 is 1.93 bits per heavy atom. The van der Waals surface area contributed by atoms with E-state index in [0.717, 1.165) is 0 Å². The zero-order valence-electron chi connectivity index (χ0n) is 14.4. The lowest BCUT2D eigenvalue weighted by molar-refractivity contribution is -0.124. The molecular weight excluding hydrogens is 413 g/mol. The average molecular weight is 431 g/mol. The monoisotopic (exact) mass is 429 g/mol. The van der Waals surface area contributed by atoms with Gasteiger partial charge >= 0.3 is 0 Å². The first-order valence-electron chi connectivity index (χ1n) is 7.60. The van der Waals surface area contributed by atoms with Crippen molar-refractivity contribution in [2.75, 3.05) is 13.2 Å². The van der Waals surface area contributed by atoms with E-state index in [9.17, 15) is 9.59 Å². The van der Waals surface area contributed by atoms with Crippen LogP contribution in [-0.2, 0) is 9.53 Å². The Labute approximate surface area is 172 Å². The third-order valence-electron chi connectivity index (χ3n) is 2.93. The van der Waals surface area contributed by atoms with Crippen molar-refractivity contribution in [1.82, 2.24) is 15.6 Å². The Bertz CT molecular complexity index is 774. The van der Waals surface area contributed by atoms with Crippen LogP contribution in [-0.4, -0.2) is 29.9 Å². The molecule has 2 N–H and O–H groups in total. The van der Waals surface area contributed by atoms with Gasteiger partial charge in [0.25, 0.3) is 11.8 Å². The number of nitrogens with one attached hydrogen (secondary N) is 2. The van der Waals surface area contributed by atoms with Crippen molar-refractivity contribution in [2.24, 2.45) is 0 Å². The Hall–Kier alpha value is -2.28. The molecule has 0 atom stereocenters. The van der Waals surface area contributed by atoms with Crippen molar-refractivity contribution in [3.8, 4) is 0 Å². The van der Waals surface area contributed by atoms with Crippen molar-refractivity contribution in [1.29, 1.82) is 0 Å². The average Bonchev–Trinajstić information content (AvgIpc) is 2.60. The largest absolute Gasteiger partial charge is 0.484 e. The van der Waals surface area contributed by atoms with E-state index in [2.05, 4.69) is 35.4 Å². The minimum Gasteiger partial charge on any atom is -0.484 e. The van der Waals surface area contributed by atoms with Crippen molar-refractivity contribution >= 4 is 46.6 Å². The summed E-state index contributed by atoms with van der Waals surface area (Å²) in [6.07, 6.45) is 3.06. The molecule has 1 rings (SSSR count). The molecule has 144 valence electrons. The maximum absolute atomic E-state index is 12.0. The van der Waals surface area contributed by atoms with Gasteiger partial charge in [0.1, 0.15) is 11.5 Å². The summed E-state index contributed by atoms with van der Waals surface area (Å²) < 4.78 is 5.14. The third kappa shape index (κ3) is 9.28. The third-order valence-corrected chi connectivity index (χ3v) is 3.80. The second-order valence-corrected chi connectivity index (χ2v) is 6.47. The molecule has 0 unspecified atom stereocenters. The van der Waals surface area contributed by atoms with Gasteiger partial charge in [0.05, 0.1) is 15.1 Å². The fourth-order valence-electron chi connectivity index (χ4n) is 1.62. The number of nitrogens with zero attached hydrogens (tertiary/aromatic N) is 1. The summed E-state index contributed by atoms with van der Waals surface area (Å²) in [5.41, 5.74) is 0.639. The Morgan fingerprint density at radius 3 is 2.52 bits per heavy atom. The van der Waals surface area contributed by atoms with Crippen LogP contribution < -0.4 is 10.6 Å². The molecule has 27 heavy (non-hydrogen) atoms. The van der Waals surface area contributed by atoms with Gasteiger partial charge in [-0.3, -0.25) is 9.59 Å². The van der Waals surface area contributed by atoms with Crippen LogP contribution >= 0.6 is 34.8 Å². The predicted molar refractivity (Wildman–Crippen MR) is 108 cm³/mol. The molecule has 0 aliphatic carbocycles. The van der Waals surface area contributed by atoms with Crippen molar-refractivity contribution < 1.29 is 14.3 Å². The van der Waals surface area contributed by atoms with E-state index >= 15 is 0 Å². The van der Waals surface area contributed by atoms with Crippen LogP contribution in [0.3, 0.4) is 0 Å². The van der Waals surface area contributed by atoms with E-state index in [1.807, 2.05) is 0 Å². The lowest BCUT2D eigenvalue weighted by Gasteiger charge is -2.10. The first-order valence-corrected chi connectivity index (χ1v) is 8.73. The predicted octanol–water partition coefficient (Wildman–Crippen LogP) is 3.89. The van der Waals surface area contributed by atoms with Crippen molar-refractivity contribution in [3.63, 3.8) is 0 Å². The van der Waals surface area contributed by atoms with E-state index in [1.165, 1.54) is 18.3 Å². The molecule has 0 radical (unpaired) electrons. The Kier molecular flexibility index (Phi) is 9.64. The Morgan fingerprint density at radius 1 is 1.22 bits per heavy atom. The highest BCUT2D eigenvalue weighted by atomic mass is 35.5. The van der Waals surface area contributed by atoms with Crippen LogP contribution in [0.4, 0.5) is 0 Å². The summed E-state index contributed by atoms with van der Waals surface area (Å²) in [6, 6.07) is 3.06. The lowest BCUT2D eigenvalue weighted by Crippen LogP contribution is -2.30. The van der Waals surface area contributed by atoms with E-state index in [1.54, 1.807) is 6.07 Å². The Balaban J connectivity index is 2.28. The molecule has 1 aromatic rings. The second kappa shape index (κ2) is 11.4. The molecule has 0 aromatic carbocycles. The molecule has 0 spiro atoms. The van der Waals surface area contributed by atoms with Crippen LogP contribution in [0.5, 0.6) is 0 Å². The number of halogens is 3. The van der Waals surface area contributed by atoms with E-state index < -0.39 is 5.91 Å². The molecule has 1 heterocycles. The maximum Gasteiger partial charge on any atom is 0.273 e. The quantitative estimate of drug-likeness (QED) is 0.436. The summed E-state index contributed by atoms with van der Waals surface area (Å²) >= 11 is 17.1. The topological polar surface area (TPSA) is 80.3 Å². The summed E-state index contributed by atoms with van der Waals surface area (Å²) in [6.45, 7) is 10.8. The van der Waals surface area contributed by atoms with Gasteiger partial charge in [0.2, 0.25) is 0 Å². The maximum atomic E-state index is 12.0. The lowest BCUT2D eigenvalue weighted by atomic mass is 10.3. The smallest absolute Gasteiger partial charge is 0.273 e. The molecular formula is C18H18Cl3N3O3. The van der Waals surface area contributed by atoms with Crippen LogP contribution in [0.1, 0.15) is 16.9 Å². The number of allylic oxidation sites excluding steroid dienone is 3. The van der Waals surface area contributed by atoms with Gasteiger partial charge in [0.15, 0.2) is 6.61 Å². The number of carbonyl (C=O) groups excluding carboxylic acids is 2. The van der Waals surface area contributed by atoms with Gasteiger partial charge in [0, 0.05) is 24.9 Å². The molecule has 0 bridgehead atoms. The molecule has 6 nitrogen and oxygen atoms in total. The van der Waals surface area contributed by atoms with Gasteiger partial charge in [-0.15, -0.1) is 0 Å². The fourth-order valence-corrected chi connectivity index (χ4v) is 1.91. The molecule has 0 saturated heterocycles. The zero-order chi connectivity index (χ0) is 20.4. The van der Waals surface area contributed by atoms with Gasteiger partial charge in [-0.1, -0.05) is 54.5 Å². The molecule has 1 aromatic heterocycles. The summed E-state index contributed by atoms with van der Waals surface area (Å²) in [5.74, 6) is -0.611. The number of aromatic nitrogens is 1. The van der Waals surface area contributed by atoms with E-state index in [4.69, 9.17) is 39.5 Å². The number of hydrogen-bond acceptors (Lipinski definition) is 4. The molecule has 9 heteroatoms. The van der Waals surface area contributed by atoms with Crippen molar-refractivity contribution in [2.45, 2.75) is 6.42 Å².